The average molecular weight is 328 g/mol. The first-order valence-corrected chi connectivity index (χ1v) is 8.18. The molecule has 2 aromatic rings. The highest BCUT2D eigenvalue weighted by molar-refractivity contribution is 5.89. The van der Waals surface area contributed by atoms with Crippen LogP contribution < -0.4 is 20.1 Å². The number of benzene rings is 2. The van der Waals surface area contributed by atoms with Gasteiger partial charge in [-0.15, -0.1) is 0 Å². The Balaban J connectivity index is 1.87. The van der Waals surface area contributed by atoms with E-state index in [0.717, 1.165) is 24.9 Å². The number of unbranched alkanes of at least 4 members (excludes halogenated alkanes) is 2. The van der Waals surface area contributed by atoms with Gasteiger partial charge in [-0.1, -0.05) is 31.9 Å². The summed E-state index contributed by atoms with van der Waals surface area (Å²) in [5.41, 5.74) is 0.718. The molecule has 0 saturated heterocycles. The molecular formula is C19H24N2O3. The van der Waals surface area contributed by atoms with Gasteiger partial charge in [0, 0.05) is 12.2 Å². The summed E-state index contributed by atoms with van der Waals surface area (Å²) in [4.78, 5) is 11.8. The number of rotatable bonds is 8. The molecule has 0 unspecified atom stereocenters. The predicted octanol–water partition coefficient (Wildman–Crippen LogP) is 4.80. The Hall–Kier alpha value is -2.69. The van der Waals surface area contributed by atoms with Gasteiger partial charge in [0.1, 0.15) is 5.75 Å². The third kappa shape index (κ3) is 5.50. The second-order valence-corrected chi connectivity index (χ2v) is 5.37. The molecule has 0 aliphatic heterocycles. The fourth-order valence-electron chi connectivity index (χ4n) is 2.19. The van der Waals surface area contributed by atoms with Crippen molar-refractivity contribution in [3.8, 4) is 17.2 Å². The summed E-state index contributed by atoms with van der Waals surface area (Å²) in [6, 6.07) is 14.5. The van der Waals surface area contributed by atoms with Crippen LogP contribution in [-0.4, -0.2) is 19.7 Å². The maximum atomic E-state index is 11.8. The highest BCUT2D eigenvalue weighted by Gasteiger charge is 2.05. The number of para-hydroxylation sites is 2. The first-order valence-electron chi connectivity index (χ1n) is 8.18. The summed E-state index contributed by atoms with van der Waals surface area (Å²) < 4.78 is 11.1. The largest absolute Gasteiger partial charge is 0.493 e. The highest BCUT2D eigenvalue weighted by Crippen LogP contribution is 2.31. The summed E-state index contributed by atoms with van der Waals surface area (Å²) in [6.07, 6.45) is 3.25. The van der Waals surface area contributed by atoms with Gasteiger partial charge in [-0.2, -0.15) is 0 Å². The summed E-state index contributed by atoms with van der Waals surface area (Å²) in [7, 11) is 1.61. The van der Waals surface area contributed by atoms with Crippen LogP contribution >= 0.6 is 0 Å². The van der Waals surface area contributed by atoms with Crippen molar-refractivity contribution in [2.24, 2.45) is 0 Å². The van der Waals surface area contributed by atoms with Crippen LogP contribution in [0.2, 0.25) is 0 Å². The smallest absolute Gasteiger partial charge is 0.319 e. The number of nitrogens with one attached hydrogen (secondary N) is 2. The second kappa shape index (κ2) is 9.45. The van der Waals surface area contributed by atoms with E-state index in [9.17, 15) is 4.79 Å². The Kier molecular flexibility index (Phi) is 6.95. The molecule has 0 spiro atoms. The zero-order valence-corrected chi connectivity index (χ0v) is 14.2. The molecule has 5 nitrogen and oxygen atoms in total. The highest BCUT2D eigenvalue weighted by atomic mass is 16.5. The summed E-state index contributed by atoms with van der Waals surface area (Å²) in [5, 5.41) is 5.64. The number of urea groups is 1. The molecule has 0 heterocycles. The van der Waals surface area contributed by atoms with Crippen molar-refractivity contribution in [1.29, 1.82) is 0 Å². The van der Waals surface area contributed by atoms with Crippen LogP contribution in [0, 0.1) is 0 Å². The molecule has 2 N–H and O–H groups in total. The molecule has 2 aromatic carbocycles. The quantitative estimate of drug-likeness (QED) is 0.684. The number of hydrogen-bond donors (Lipinski definition) is 2. The SMILES string of the molecule is CCCCCNC(=O)Nc1ccc(Oc2ccccc2OC)cc1. The molecule has 0 radical (unpaired) electrons. The number of anilines is 1. The van der Waals surface area contributed by atoms with Crippen molar-refractivity contribution < 1.29 is 14.3 Å². The zero-order chi connectivity index (χ0) is 17.2. The molecule has 128 valence electrons. The monoisotopic (exact) mass is 328 g/mol. The lowest BCUT2D eigenvalue weighted by Crippen LogP contribution is -2.29. The Labute approximate surface area is 143 Å². The van der Waals surface area contributed by atoms with Gasteiger partial charge < -0.3 is 20.1 Å². The fourth-order valence-corrected chi connectivity index (χ4v) is 2.19. The van der Waals surface area contributed by atoms with Crippen LogP contribution in [0.4, 0.5) is 10.5 Å². The molecule has 0 aromatic heterocycles. The number of hydrogen-bond acceptors (Lipinski definition) is 3. The van der Waals surface area contributed by atoms with Crippen molar-refractivity contribution >= 4 is 11.7 Å². The molecule has 2 amide bonds. The third-order valence-electron chi connectivity index (χ3n) is 3.47. The molecule has 0 aliphatic rings. The Morgan fingerprint density at radius 1 is 1.00 bits per heavy atom. The van der Waals surface area contributed by atoms with Crippen LogP contribution in [-0.2, 0) is 0 Å². The van der Waals surface area contributed by atoms with Gasteiger partial charge in [0.15, 0.2) is 11.5 Å². The minimum absolute atomic E-state index is 0.190. The fraction of sp³-hybridized carbons (Fsp3) is 0.316. The second-order valence-electron chi connectivity index (χ2n) is 5.37. The van der Waals surface area contributed by atoms with E-state index >= 15 is 0 Å². The van der Waals surface area contributed by atoms with Crippen LogP contribution in [0.25, 0.3) is 0 Å². The minimum atomic E-state index is -0.190. The van der Waals surface area contributed by atoms with E-state index in [2.05, 4.69) is 17.6 Å². The summed E-state index contributed by atoms with van der Waals surface area (Å²) in [5.74, 6) is 1.99. The van der Waals surface area contributed by atoms with Gasteiger partial charge in [-0.25, -0.2) is 4.79 Å². The standard InChI is InChI=1S/C19H24N2O3/c1-3-4-7-14-20-19(22)21-15-10-12-16(13-11-15)24-18-9-6-5-8-17(18)23-2/h5-6,8-13H,3-4,7,14H2,1-2H3,(H2,20,21,22). The lowest BCUT2D eigenvalue weighted by molar-refractivity contribution is 0.252. The predicted molar refractivity (Wildman–Crippen MR) is 96.1 cm³/mol. The maximum Gasteiger partial charge on any atom is 0.319 e. The van der Waals surface area contributed by atoms with E-state index in [-0.39, 0.29) is 6.03 Å². The molecule has 2 rings (SSSR count). The van der Waals surface area contributed by atoms with E-state index < -0.39 is 0 Å². The van der Waals surface area contributed by atoms with Crippen LogP contribution in [0.15, 0.2) is 48.5 Å². The number of carbonyl (C=O) groups is 1. The Bertz CT molecular complexity index is 641. The lowest BCUT2D eigenvalue weighted by atomic mass is 10.2. The molecule has 24 heavy (non-hydrogen) atoms. The lowest BCUT2D eigenvalue weighted by Gasteiger charge is -2.11. The first kappa shape index (κ1) is 17.7. The normalized spacial score (nSPS) is 10.1. The molecule has 0 bridgehead atoms. The van der Waals surface area contributed by atoms with E-state index in [4.69, 9.17) is 9.47 Å². The molecule has 0 fully saturated rings. The van der Waals surface area contributed by atoms with E-state index in [0.29, 0.717) is 23.8 Å². The van der Waals surface area contributed by atoms with Gasteiger partial charge in [0.2, 0.25) is 0 Å². The molecule has 0 aliphatic carbocycles. The third-order valence-corrected chi connectivity index (χ3v) is 3.47. The van der Waals surface area contributed by atoms with Crippen LogP contribution in [0.3, 0.4) is 0 Å². The van der Waals surface area contributed by atoms with Gasteiger partial charge in [0.25, 0.3) is 0 Å². The summed E-state index contributed by atoms with van der Waals surface area (Å²) >= 11 is 0. The molecular weight excluding hydrogens is 304 g/mol. The topological polar surface area (TPSA) is 59.6 Å². The van der Waals surface area contributed by atoms with Gasteiger partial charge in [-0.05, 0) is 42.8 Å². The number of amides is 2. The van der Waals surface area contributed by atoms with Crippen LogP contribution in [0.5, 0.6) is 17.2 Å². The Morgan fingerprint density at radius 2 is 1.71 bits per heavy atom. The van der Waals surface area contributed by atoms with E-state index in [1.807, 2.05) is 24.3 Å². The maximum absolute atomic E-state index is 11.8. The van der Waals surface area contributed by atoms with Crippen LogP contribution in [0.1, 0.15) is 26.2 Å². The van der Waals surface area contributed by atoms with Crippen molar-refractivity contribution in [2.75, 3.05) is 19.0 Å². The van der Waals surface area contributed by atoms with Gasteiger partial charge >= 0.3 is 6.03 Å². The van der Waals surface area contributed by atoms with Crippen molar-refractivity contribution in [3.63, 3.8) is 0 Å². The van der Waals surface area contributed by atoms with Gasteiger partial charge in [0.05, 0.1) is 7.11 Å². The van der Waals surface area contributed by atoms with E-state index in [1.165, 1.54) is 0 Å². The number of carbonyl (C=O) groups excluding carboxylic acids is 1. The number of methoxy groups -OCH3 is 1. The Morgan fingerprint density at radius 3 is 2.38 bits per heavy atom. The number of ether oxygens (including phenoxy) is 2. The van der Waals surface area contributed by atoms with Crippen molar-refractivity contribution in [3.05, 3.63) is 48.5 Å². The van der Waals surface area contributed by atoms with E-state index in [1.54, 1.807) is 31.4 Å². The zero-order valence-electron chi connectivity index (χ0n) is 14.2. The molecule has 0 saturated carbocycles. The summed E-state index contributed by atoms with van der Waals surface area (Å²) in [6.45, 7) is 2.82. The average Bonchev–Trinajstić information content (AvgIpc) is 2.61. The minimum Gasteiger partial charge on any atom is -0.493 e. The van der Waals surface area contributed by atoms with Gasteiger partial charge in [-0.3, -0.25) is 0 Å². The molecule has 0 atom stereocenters. The molecule has 5 heteroatoms. The first-order chi connectivity index (χ1) is 11.7. The van der Waals surface area contributed by atoms with Crippen molar-refractivity contribution in [1.82, 2.24) is 5.32 Å². The van der Waals surface area contributed by atoms with Crippen molar-refractivity contribution in [2.45, 2.75) is 26.2 Å².